The van der Waals surface area contributed by atoms with Crippen LogP contribution in [0.15, 0.2) is 24.3 Å². The van der Waals surface area contributed by atoms with E-state index in [1.807, 2.05) is 23.1 Å². The molecule has 0 spiro atoms. The van der Waals surface area contributed by atoms with Crippen LogP contribution in [0.3, 0.4) is 0 Å². The molecule has 1 aliphatic heterocycles. The average molecular weight is 333 g/mol. The van der Waals surface area contributed by atoms with Crippen molar-refractivity contribution < 1.29 is 14.3 Å². The van der Waals surface area contributed by atoms with Crippen molar-refractivity contribution >= 4 is 17.5 Å². The quantitative estimate of drug-likeness (QED) is 0.864. The second-order valence-electron chi connectivity index (χ2n) is 6.25. The van der Waals surface area contributed by atoms with Gasteiger partial charge in [0.1, 0.15) is 5.75 Å². The molecule has 2 amide bonds. The highest BCUT2D eigenvalue weighted by molar-refractivity contribution is 5.92. The van der Waals surface area contributed by atoms with E-state index in [1.54, 1.807) is 25.1 Å². The molecule has 0 aromatic heterocycles. The Morgan fingerprint density at radius 1 is 1.17 bits per heavy atom. The van der Waals surface area contributed by atoms with Crippen molar-refractivity contribution in [2.45, 2.75) is 25.7 Å². The number of likely N-dealkylation sites (tertiary alicyclic amines) is 1. The molecule has 6 heteroatoms. The lowest BCUT2D eigenvalue weighted by atomic mass is 10.2. The highest BCUT2D eigenvalue weighted by atomic mass is 16.5. The Hall–Kier alpha value is -2.08. The monoisotopic (exact) mass is 333 g/mol. The molecule has 132 valence electrons. The van der Waals surface area contributed by atoms with Crippen molar-refractivity contribution in [3.8, 4) is 5.75 Å². The van der Waals surface area contributed by atoms with E-state index < -0.39 is 0 Å². The fourth-order valence-corrected chi connectivity index (χ4v) is 2.85. The van der Waals surface area contributed by atoms with E-state index in [-0.39, 0.29) is 24.9 Å². The zero-order chi connectivity index (χ0) is 17.4. The summed E-state index contributed by atoms with van der Waals surface area (Å²) in [5.41, 5.74) is 0.687. The number of nitrogens with one attached hydrogen (secondary N) is 1. The first-order valence-corrected chi connectivity index (χ1v) is 8.48. The van der Waals surface area contributed by atoms with Gasteiger partial charge in [0, 0.05) is 24.8 Å². The summed E-state index contributed by atoms with van der Waals surface area (Å²) in [6.07, 6.45) is 4.54. The van der Waals surface area contributed by atoms with Gasteiger partial charge < -0.3 is 15.0 Å². The predicted molar refractivity (Wildman–Crippen MR) is 94.2 cm³/mol. The molecule has 1 N–H and O–H groups in total. The summed E-state index contributed by atoms with van der Waals surface area (Å²) in [5.74, 6) is 0.653. The maximum Gasteiger partial charge on any atom is 0.238 e. The Bertz CT molecular complexity index is 554. The van der Waals surface area contributed by atoms with Crippen LogP contribution in [-0.2, 0) is 9.59 Å². The van der Waals surface area contributed by atoms with Gasteiger partial charge in [-0.25, -0.2) is 0 Å². The Kier molecular flexibility index (Phi) is 7.06. The molecule has 1 saturated heterocycles. The smallest absolute Gasteiger partial charge is 0.238 e. The largest absolute Gasteiger partial charge is 0.497 e. The summed E-state index contributed by atoms with van der Waals surface area (Å²) in [6, 6.07) is 7.21. The van der Waals surface area contributed by atoms with Crippen LogP contribution in [0.1, 0.15) is 25.7 Å². The molecule has 2 rings (SSSR count). The normalized spacial score (nSPS) is 15.0. The van der Waals surface area contributed by atoms with E-state index in [4.69, 9.17) is 4.74 Å². The fourth-order valence-electron chi connectivity index (χ4n) is 2.85. The van der Waals surface area contributed by atoms with E-state index in [1.165, 1.54) is 12.8 Å². The molecule has 1 heterocycles. The minimum Gasteiger partial charge on any atom is -0.497 e. The van der Waals surface area contributed by atoms with Crippen molar-refractivity contribution in [3.63, 3.8) is 0 Å². The number of anilines is 1. The molecule has 0 aliphatic carbocycles. The lowest BCUT2D eigenvalue weighted by molar-refractivity contribution is -0.132. The zero-order valence-electron chi connectivity index (χ0n) is 14.6. The topological polar surface area (TPSA) is 61.9 Å². The van der Waals surface area contributed by atoms with Crippen molar-refractivity contribution in [3.05, 3.63) is 24.3 Å². The van der Waals surface area contributed by atoms with Gasteiger partial charge in [-0.1, -0.05) is 18.9 Å². The van der Waals surface area contributed by atoms with Gasteiger partial charge >= 0.3 is 0 Å². The zero-order valence-corrected chi connectivity index (χ0v) is 14.6. The van der Waals surface area contributed by atoms with E-state index in [0.29, 0.717) is 11.4 Å². The van der Waals surface area contributed by atoms with Gasteiger partial charge in [0.05, 0.1) is 20.2 Å². The van der Waals surface area contributed by atoms with Gasteiger partial charge in [-0.15, -0.1) is 0 Å². The summed E-state index contributed by atoms with van der Waals surface area (Å²) >= 11 is 0. The van der Waals surface area contributed by atoms with E-state index >= 15 is 0 Å². The van der Waals surface area contributed by atoms with Crippen molar-refractivity contribution in [2.75, 3.05) is 45.7 Å². The molecule has 0 atom stereocenters. The van der Waals surface area contributed by atoms with Crippen LogP contribution in [-0.4, -0.2) is 62.0 Å². The van der Waals surface area contributed by atoms with Crippen LogP contribution in [0.2, 0.25) is 0 Å². The first-order valence-electron chi connectivity index (χ1n) is 8.48. The SMILES string of the molecule is COc1cccc(NC(=O)CN(C)CC(=O)N2CCCCCC2)c1. The molecular formula is C18H27N3O3. The number of hydrogen-bond donors (Lipinski definition) is 1. The molecule has 1 aromatic rings. The van der Waals surface area contributed by atoms with Gasteiger partial charge in [-0.2, -0.15) is 0 Å². The standard InChI is InChI=1S/C18H27N3O3/c1-20(14-18(23)21-10-5-3-4-6-11-21)13-17(22)19-15-8-7-9-16(12-15)24-2/h7-9,12H,3-6,10-11,13-14H2,1-2H3,(H,19,22). The van der Waals surface area contributed by atoms with Crippen LogP contribution in [0.25, 0.3) is 0 Å². The van der Waals surface area contributed by atoms with E-state index in [2.05, 4.69) is 5.32 Å². The minimum absolute atomic E-state index is 0.105. The van der Waals surface area contributed by atoms with E-state index in [9.17, 15) is 9.59 Å². The van der Waals surface area contributed by atoms with Gasteiger partial charge in [0.25, 0.3) is 0 Å². The first kappa shape index (κ1) is 18.3. The Morgan fingerprint density at radius 3 is 2.54 bits per heavy atom. The molecule has 1 aromatic carbocycles. The number of carbonyl (C=O) groups excluding carboxylic acids is 2. The van der Waals surface area contributed by atoms with E-state index in [0.717, 1.165) is 25.9 Å². The number of nitrogens with zero attached hydrogens (tertiary/aromatic N) is 2. The van der Waals surface area contributed by atoms with Crippen LogP contribution in [0, 0.1) is 0 Å². The number of benzene rings is 1. The molecule has 1 aliphatic rings. The van der Waals surface area contributed by atoms with Crippen LogP contribution < -0.4 is 10.1 Å². The van der Waals surface area contributed by atoms with Gasteiger partial charge in [-0.3, -0.25) is 14.5 Å². The lowest BCUT2D eigenvalue weighted by Gasteiger charge is -2.23. The molecule has 24 heavy (non-hydrogen) atoms. The molecule has 0 saturated carbocycles. The number of amides is 2. The minimum atomic E-state index is -0.144. The maximum atomic E-state index is 12.3. The Labute approximate surface area is 143 Å². The third-order valence-corrected chi connectivity index (χ3v) is 4.13. The third-order valence-electron chi connectivity index (χ3n) is 4.13. The van der Waals surface area contributed by atoms with Crippen molar-refractivity contribution in [1.29, 1.82) is 0 Å². The van der Waals surface area contributed by atoms with Gasteiger partial charge in [-0.05, 0) is 32.0 Å². The summed E-state index contributed by atoms with van der Waals surface area (Å²) in [6.45, 7) is 2.12. The molecular weight excluding hydrogens is 306 g/mol. The molecule has 0 radical (unpaired) electrons. The predicted octanol–water partition coefficient (Wildman–Crippen LogP) is 1.97. The second-order valence-corrected chi connectivity index (χ2v) is 6.25. The second kappa shape index (κ2) is 9.27. The number of methoxy groups -OCH3 is 1. The third kappa shape index (κ3) is 5.85. The summed E-state index contributed by atoms with van der Waals surface area (Å²) in [4.78, 5) is 28.1. The summed E-state index contributed by atoms with van der Waals surface area (Å²) < 4.78 is 5.14. The van der Waals surface area contributed by atoms with Crippen LogP contribution >= 0.6 is 0 Å². The highest BCUT2D eigenvalue weighted by Crippen LogP contribution is 2.16. The first-order chi connectivity index (χ1) is 11.6. The van der Waals surface area contributed by atoms with Crippen LogP contribution in [0.4, 0.5) is 5.69 Å². The van der Waals surface area contributed by atoms with Crippen LogP contribution in [0.5, 0.6) is 5.75 Å². The number of ether oxygens (including phenoxy) is 1. The van der Waals surface area contributed by atoms with Gasteiger partial charge in [0.15, 0.2) is 0 Å². The highest BCUT2D eigenvalue weighted by Gasteiger charge is 2.18. The molecule has 0 unspecified atom stereocenters. The summed E-state index contributed by atoms with van der Waals surface area (Å²) in [5, 5.41) is 2.82. The Morgan fingerprint density at radius 2 is 1.88 bits per heavy atom. The summed E-state index contributed by atoms with van der Waals surface area (Å²) in [7, 11) is 3.38. The Balaban J connectivity index is 1.79. The average Bonchev–Trinajstić information content (AvgIpc) is 2.84. The molecule has 0 bridgehead atoms. The van der Waals surface area contributed by atoms with Crippen molar-refractivity contribution in [2.24, 2.45) is 0 Å². The number of carbonyl (C=O) groups is 2. The number of rotatable bonds is 6. The van der Waals surface area contributed by atoms with Crippen molar-refractivity contribution in [1.82, 2.24) is 9.80 Å². The lowest BCUT2D eigenvalue weighted by Crippen LogP contribution is -2.41. The maximum absolute atomic E-state index is 12.3. The molecule has 1 fully saturated rings. The number of hydrogen-bond acceptors (Lipinski definition) is 4. The fraction of sp³-hybridized carbons (Fsp3) is 0.556. The number of likely N-dealkylation sites (N-methyl/N-ethyl adjacent to an activating group) is 1. The van der Waals surface area contributed by atoms with Gasteiger partial charge in [0.2, 0.25) is 11.8 Å². The molecule has 6 nitrogen and oxygen atoms in total.